The molecule has 0 saturated heterocycles. The molecule has 5 rings (SSSR count). The summed E-state index contributed by atoms with van der Waals surface area (Å²) in [6.07, 6.45) is 2.29. The van der Waals surface area contributed by atoms with E-state index in [2.05, 4.69) is 9.55 Å². The lowest BCUT2D eigenvalue weighted by Gasteiger charge is -2.13. The van der Waals surface area contributed by atoms with Crippen LogP contribution < -0.4 is 5.56 Å². The molecule has 0 spiro atoms. The van der Waals surface area contributed by atoms with E-state index >= 15 is 0 Å². The Hall–Kier alpha value is -3.19. The Labute approximate surface area is 188 Å². The molecule has 4 aromatic rings. The van der Waals surface area contributed by atoms with Gasteiger partial charge in [-0.25, -0.2) is 9.37 Å². The van der Waals surface area contributed by atoms with Gasteiger partial charge in [-0.15, -0.1) is 0 Å². The summed E-state index contributed by atoms with van der Waals surface area (Å²) < 4.78 is 18.1. The van der Waals surface area contributed by atoms with Crippen molar-refractivity contribution in [2.75, 3.05) is 5.75 Å². The molecule has 32 heavy (non-hydrogen) atoms. The van der Waals surface area contributed by atoms with Crippen molar-refractivity contribution in [3.8, 4) is 5.69 Å². The molecule has 1 saturated carbocycles. The molecule has 0 N–H and O–H groups in total. The first-order valence-electron chi connectivity index (χ1n) is 10.6. The molecule has 0 aliphatic heterocycles. The van der Waals surface area contributed by atoms with Gasteiger partial charge < -0.3 is 4.57 Å². The molecule has 0 atom stereocenters. The highest BCUT2D eigenvalue weighted by Gasteiger charge is 2.28. The van der Waals surface area contributed by atoms with Gasteiger partial charge in [-0.3, -0.25) is 14.2 Å². The summed E-state index contributed by atoms with van der Waals surface area (Å²) >= 11 is 1.16. The predicted molar refractivity (Wildman–Crippen MR) is 125 cm³/mol. The summed E-state index contributed by atoms with van der Waals surface area (Å²) in [4.78, 5) is 30.9. The van der Waals surface area contributed by atoms with Crippen molar-refractivity contribution < 1.29 is 9.18 Å². The Morgan fingerprint density at radius 3 is 2.59 bits per heavy atom. The molecule has 2 heterocycles. The maximum absolute atomic E-state index is 14.6. The third-order valence-corrected chi connectivity index (χ3v) is 6.81. The van der Waals surface area contributed by atoms with E-state index in [0.29, 0.717) is 27.7 Å². The molecule has 2 aromatic carbocycles. The number of carbonyl (C=O) groups is 1. The van der Waals surface area contributed by atoms with Gasteiger partial charge in [-0.1, -0.05) is 36.0 Å². The van der Waals surface area contributed by atoms with Crippen LogP contribution in [-0.4, -0.2) is 25.7 Å². The molecule has 2 aromatic heterocycles. The summed E-state index contributed by atoms with van der Waals surface area (Å²) in [6.45, 7) is 4.00. The Bertz CT molecular complexity index is 1420. The highest BCUT2D eigenvalue weighted by molar-refractivity contribution is 7.99. The van der Waals surface area contributed by atoms with Gasteiger partial charge in [-0.2, -0.15) is 0 Å². The Morgan fingerprint density at radius 1 is 1.12 bits per heavy atom. The molecule has 5 nitrogen and oxygen atoms in total. The van der Waals surface area contributed by atoms with E-state index in [4.69, 9.17) is 0 Å². The van der Waals surface area contributed by atoms with Gasteiger partial charge in [0.2, 0.25) is 0 Å². The molecule has 7 heteroatoms. The highest BCUT2D eigenvalue weighted by Crippen LogP contribution is 2.38. The van der Waals surface area contributed by atoms with Crippen LogP contribution >= 0.6 is 11.8 Å². The third-order valence-electron chi connectivity index (χ3n) is 5.87. The standard InChI is InChI=1S/C25H22FN3O2S/c1-15-13-19(16(2)28(15)17-11-12-17)23(30)14-32-25-27-21-9-5-3-7-18(21)24(31)29(25)22-10-6-4-8-20(22)26/h3-10,13,17H,11-12,14H2,1-2H3. The minimum atomic E-state index is -0.521. The first-order chi connectivity index (χ1) is 15.5. The number of Topliss-reactive ketones (excluding diaryl/α,β-unsaturated/α-hetero) is 1. The second-order valence-electron chi connectivity index (χ2n) is 8.10. The lowest BCUT2D eigenvalue weighted by atomic mass is 10.2. The number of aryl methyl sites for hydroxylation is 1. The molecular formula is C25H22FN3O2S. The van der Waals surface area contributed by atoms with Crippen LogP contribution in [0.15, 0.2) is 64.5 Å². The number of ketones is 1. The van der Waals surface area contributed by atoms with Gasteiger partial charge in [0.25, 0.3) is 5.56 Å². The number of benzene rings is 2. The fraction of sp³-hybridized carbons (Fsp3) is 0.240. The smallest absolute Gasteiger partial charge is 0.266 e. The first-order valence-corrected chi connectivity index (χ1v) is 11.6. The summed E-state index contributed by atoms with van der Waals surface area (Å²) in [5.41, 5.74) is 3.05. The van der Waals surface area contributed by atoms with E-state index in [1.54, 1.807) is 42.5 Å². The number of hydrogen-bond donors (Lipinski definition) is 0. The molecule has 0 amide bonds. The van der Waals surface area contributed by atoms with Crippen molar-refractivity contribution in [3.05, 3.63) is 87.7 Å². The van der Waals surface area contributed by atoms with Crippen molar-refractivity contribution >= 4 is 28.4 Å². The van der Waals surface area contributed by atoms with Gasteiger partial charge in [0.1, 0.15) is 5.82 Å². The monoisotopic (exact) mass is 447 g/mol. The summed E-state index contributed by atoms with van der Waals surface area (Å²) in [5.74, 6) is -0.445. The normalized spacial score (nSPS) is 13.6. The van der Waals surface area contributed by atoms with Crippen LogP contribution in [0.3, 0.4) is 0 Å². The van der Waals surface area contributed by atoms with Gasteiger partial charge in [0.15, 0.2) is 10.9 Å². The van der Waals surface area contributed by atoms with Crippen molar-refractivity contribution in [1.29, 1.82) is 0 Å². The summed E-state index contributed by atoms with van der Waals surface area (Å²) in [6, 6.07) is 15.5. The van der Waals surface area contributed by atoms with Crippen LogP contribution in [0.1, 0.15) is 40.6 Å². The van der Waals surface area contributed by atoms with Gasteiger partial charge >= 0.3 is 0 Å². The zero-order valence-corrected chi connectivity index (χ0v) is 18.7. The molecule has 1 fully saturated rings. The van der Waals surface area contributed by atoms with Crippen LogP contribution in [0, 0.1) is 19.7 Å². The quantitative estimate of drug-likeness (QED) is 0.230. The predicted octanol–water partition coefficient (Wildman–Crippen LogP) is 5.25. The maximum atomic E-state index is 14.6. The summed E-state index contributed by atoms with van der Waals surface area (Å²) in [5, 5.41) is 0.697. The van der Waals surface area contributed by atoms with E-state index in [0.717, 1.165) is 36.0 Å². The van der Waals surface area contributed by atoms with Gasteiger partial charge in [0, 0.05) is 23.0 Å². The fourth-order valence-corrected chi connectivity index (χ4v) is 5.11. The minimum Gasteiger partial charge on any atom is -0.345 e. The largest absolute Gasteiger partial charge is 0.345 e. The van der Waals surface area contributed by atoms with Crippen molar-refractivity contribution in [3.63, 3.8) is 0 Å². The Balaban J connectivity index is 1.54. The topological polar surface area (TPSA) is 56.9 Å². The number of para-hydroxylation sites is 2. The van der Waals surface area contributed by atoms with Crippen molar-refractivity contribution in [2.45, 2.75) is 37.9 Å². The highest BCUT2D eigenvalue weighted by atomic mass is 32.2. The van der Waals surface area contributed by atoms with Gasteiger partial charge in [-0.05, 0) is 57.0 Å². The minimum absolute atomic E-state index is 0.0301. The van der Waals surface area contributed by atoms with E-state index in [1.807, 2.05) is 19.9 Å². The maximum Gasteiger partial charge on any atom is 0.266 e. The molecular weight excluding hydrogens is 425 g/mol. The molecule has 0 bridgehead atoms. The molecule has 0 radical (unpaired) electrons. The average molecular weight is 448 g/mol. The third kappa shape index (κ3) is 3.56. The first kappa shape index (κ1) is 20.7. The average Bonchev–Trinajstić information content (AvgIpc) is 3.57. The van der Waals surface area contributed by atoms with Gasteiger partial charge in [0.05, 0.1) is 22.3 Å². The number of carbonyl (C=O) groups excluding carboxylic acids is 1. The Morgan fingerprint density at radius 2 is 1.84 bits per heavy atom. The Kier molecular flexibility index (Phi) is 5.21. The number of aromatic nitrogens is 3. The second-order valence-corrected chi connectivity index (χ2v) is 9.04. The fourth-order valence-electron chi connectivity index (χ4n) is 4.22. The number of hydrogen-bond acceptors (Lipinski definition) is 4. The number of halogens is 1. The number of nitrogens with zero attached hydrogens (tertiary/aromatic N) is 3. The molecule has 0 unspecified atom stereocenters. The van der Waals surface area contributed by atoms with E-state index in [1.165, 1.54) is 10.6 Å². The summed E-state index contributed by atoms with van der Waals surface area (Å²) in [7, 11) is 0. The van der Waals surface area contributed by atoms with Crippen LogP contribution in [0.25, 0.3) is 16.6 Å². The van der Waals surface area contributed by atoms with Crippen molar-refractivity contribution in [1.82, 2.24) is 14.1 Å². The van der Waals surface area contributed by atoms with E-state index < -0.39 is 5.82 Å². The molecule has 1 aliphatic rings. The number of rotatable bonds is 6. The van der Waals surface area contributed by atoms with E-state index in [-0.39, 0.29) is 22.8 Å². The lowest BCUT2D eigenvalue weighted by Crippen LogP contribution is -2.23. The van der Waals surface area contributed by atoms with E-state index in [9.17, 15) is 14.0 Å². The molecule has 162 valence electrons. The van der Waals surface area contributed by atoms with Crippen LogP contribution in [0.4, 0.5) is 4.39 Å². The van der Waals surface area contributed by atoms with Crippen LogP contribution in [0.5, 0.6) is 0 Å². The second kappa shape index (κ2) is 8.06. The number of thioether (sulfide) groups is 1. The zero-order chi connectivity index (χ0) is 22.4. The molecule has 1 aliphatic carbocycles. The number of fused-ring (bicyclic) bond motifs is 1. The lowest BCUT2D eigenvalue weighted by molar-refractivity contribution is 0.102. The SMILES string of the molecule is Cc1cc(C(=O)CSc2nc3ccccc3c(=O)n2-c2ccccc2F)c(C)n1C1CC1. The zero-order valence-electron chi connectivity index (χ0n) is 17.8. The van der Waals surface area contributed by atoms with Crippen LogP contribution in [-0.2, 0) is 0 Å². The van der Waals surface area contributed by atoms with Crippen molar-refractivity contribution in [2.24, 2.45) is 0 Å². The van der Waals surface area contributed by atoms with Crippen LogP contribution in [0.2, 0.25) is 0 Å².